The summed E-state index contributed by atoms with van der Waals surface area (Å²) in [6.45, 7) is 0. The molecule has 1 aliphatic carbocycles. The molecule has 0 saturated heterocycles. The largest absolute Gasteiger partial charge is 0.497 e. The predicted molar refractivity (Wildman–Crippen MR) is 75.0 cm³/mol. The van der Waals surface area contributed by atoms with Crippen LogP contribution in [0.3, 0.4) is 0 Å². The van der Waals surface area contributed by atoms with Gasteiger partial charge >= 0.3 is 0 Å². The molecule has 2 aromatic rings. The Bertz CT molecular complexity index is 569. The van der Waals surface area contributed by atoms with Gasteiger partial charge < -0.3 is 15.4 Å². The zero-order valence-electron chi connectivity index (χ0n) is 10.8. The van der Waals surface area contributed by atoms with Crippen molar-refractivity contribution in [3.63, 3.8) is 0 Å². The van der Waals surface area contributed by atoms with Crippen molar-refractivity contribution in [1.29, 1.82) is 0 Å². The van der Waals surface area contributed by atoms with Gasteiger partial charge in [0, 0.05) is 23.9 Å². The van der Waals surface area contributed by atoms with Crippen LogP contribution < -0.4 is 15.4 Å². The molecule has 19 heavy (non-hydrogen) atoms. The van der Waals surface area contributed by atoms with Gasteiger partial charge in [-0.05, 0) is 25.0 Å². The molecule has 5 heteroatoms. The summed E-state index contributed by atoms with van der Waals surface area (Å²) in [5, 5.41) is 6.59. The molecular formula is C14H16N4O. The van der Waals surface area contributed by atoms with Crippen molar-refractivity contribution < 1.29 is 4.74 Å². The van der Waals surface area contributed by atoms with E-state index in [1.165, 1.54) is 12.8 Å². The van der Waals surface area contributed by atoms with Crippen LogP contribution in [0.15, 0.2) is 36.7 Å². The molecule has 0 radical (unpaired) electrons. The summed E-state index contributed by atoms with van der Waals surface area (Å²) in [5.41, 5.74) is 0.940. The van der Waals surface area contributed by atoms with Gasteiger partial charge in [-0.15, -0.1) is 0 Å². The van der Waals surface area contributed by atoms with Crippen LogP contribution in [0.2, 0.25) is 0 Å². The maximum atomic E-state index is 5.19. The summed E-state index contributed by atoms with van der Waals surface area (Å²) in [6.07, 6.45) is 4.01. The highest BCUT2D eigenvalue weighted by Gasteiger charge is 2.21. The highest BCUT2D eigenvalue weighted by molar-refractivity contribution is 5.60. The van der Waals surface area contributed by atoms with E-state index in [1.54, 1.807) is 13.4 Å². The van der Waals surface area contributed by atoms with Crippen LogP contribution in [0, 0.1) is 0 Å². The minimum atomic E-state index is 0.583. The van der Waals surface area contributed by atoms with E-state index < -0.39 is 0 Å². The van der Waals surface area contributed by atoms with E-state index in [-0.39, 0.29) is 0 Å². The van der Waals surface area contributed by atoms with Gasteiger partial charge in [-0.1, -0.05) is 6.07 Å². The number of nitrogens with one attached hydrogen (secondary N) is 2. The Morgan fingerprint density at radius 1 is 1.16 bits per heavy atom. The minimum Gasteiger partial charge on any atom is -0.497 e. The molecule has 1 aromatic carbocycles. The first kappa shape index (κ1) is 11.8. The number of hydrogen-bond acceptors (Lipinski definition) is 5. The van der Waals surface area contributed by atoms with E-state index in [1.807, 2.05) is 30.3 Å². The molecule has 1 aliphatic rings. The van der Waals surface area contributed by atoms with Gasteiger partial charge in [-0.25, -0.2) is 9.97 Å². The van der Waals surface area contributed by atoms with E-state index in [4.69, 9.17) is 4.74 Å². The molecule has 5 nitrogen and oxygen atoms in total. The average molecular weight is 256 g/mol. The molecule has 0 unspecified atom stereocenters. The topological polar surface area (TPSA) is 59.1 Å². The van der Waals surface area contributed by atoms with Gasteiger partial charge in [-0.3, -0.25) is 0 Å². The van der Waals surface area contributed by atoms with Gasteiger partial charge in [0.15, 0.2) is 0 Å². The number of methoxy groups -OCH3 is 1. The Kier molecular flexibility index (Phi) is 3.18. The molecule has 0 atom stereocenters. The summed E-state index contributed by atoms with van der Waals surface area (Å²) in [5.74, 6) is 2.45. The number of rotatable bonds is 5. The molecule has 1 fully saturated rings. The molecule has 1 heterocycles. The fourth-order valence-corrected chi connectivity index (χ4v) is 1.79. The Morgan fingerprint density at radius 2 is 2.00 bits per heavy atom. The molecule has 0 amide bonds. The maximum absolute atomic E-state index is 5.19. The van der Waals surface area contributed by atoms with Crippen LogP contribution >= 0.6 is 0 Å². The van der Waals surface area contributed by atoms with Gasteiger partial charge in [0.05, 0.1) is 7.11 Å². The van der Waals surface area contributed by atoms with E-state index in [0.717, 1.165) is 23.1 Å². The highest BCUT2D eigenvalue weighted by Crippen LogP contribution is 2.25. The van der Waals surface area contributed by atoms with Crippen molar-refractivity contribution >= 4 is 17.3 Å². The van der Waals surface area contributed by atoms with Crippen LogP contribution in [0.25, 0.3) is 0 Å². The first-order valence-electron chi connectivity index (χ1n) is 6.33. The second kappa shape index (κ2) is 5.14. The monoisotopic (exact) mass is 256 g/mol. The van der Waals surface area contributed by atoms with Gasteiger partial charge in [0.25, 0.3) is 0 Å². The number of nitrogens with zero attached hydrogens (tertiary/aromatic N) is 2. The van der Waals surface area contributed by atoms with Crippen molar-refractivity contribution in [2.45, 2.75) is 18.9 Å². The van der Waals surface area contributed by atoms with Crippen LogP contribution in [0.1, 0.15) is 12.8 Å². The van der Waals surface area contributed by atoms with Gasteiger partial charge in [0.2, 0.25) is 0 Å². The Morgan fingerprint density at radius 3 is 2.79 bits per heavy atom. The van der Waals surface area contributed by atoms with E-state index in [9.17, 15) is 0 Å². The molecule has 98 valence electrons. The second-order valence-electron chi connectivity index (χ2n) is 4.56. The van der Waals surface area contributed by atoms with Crippen LogP contribution in [0.4, 0.5) is 17.3 Å². The Balaban J connectivity index is 1.74. The zero-order valence-corrected chi connectivity index (χ0v) is 10.8. The molecule has 1 aromatic heterocycles. The van der Waals surface area contributed by atoms with Crippen LogP contribution in [-0.4, -0.2) is 23.1 Å². The molecule has 3 rings (SSSR count). The van der Waals surface area contributed by atoms with Crippen LogP contribution in [-0.2, 0) is 0 Å². The molecule has 2 N–H and O–H groups in total. The lowest BCUT2D eigenvalue weighted by molar-refractivity contribution is 0.415. The molecule has 1 saturated carbocycles. The van der Waals surface area contributed by atoms with Crippen molar-refractivity contribution in [1.82, 2.24) is 9.97 Å². The minimum absolute atomic E-state index is 0.583. The quantitative estimate of drug-likeness (QED) is 0.861. The molecule has 0 bridgehead atoms. The molecule has 0 aliphatic heterocycles. The van der Waals surface area contributed by atoms with E-state index >= 15 is 0 Å². The number of benzene rings is 1. The average Bonchev–Trinajstić information content (AvgIpc) is 3.23. The third kappa shape index (κ3) is 3.13. The fourth-order valence-electron chi connectivity index (χ4n) is 1.79. The van der Waals surface area contributed by atoms with Gasteiger partial charge in [-0.2, -0.15) is 0 Å². The van der Waals surface area contributed by atoms with Crippen molar-refractivity contribution in [3.05, 3.63) is 36.7 Å². The summed E-state index contributed by atoms with van der Waals surface area (Å²) >= 11 is 0. The third-order valence-electron chi connectivity index (χ3n) is 2.94. The van der Waals surface area contributed by atoms with Gasteiger partial charge in [0.1, 0.15) is 23.7 Å². The molecule has 0 spiro atoms. The summed E-state index contributed by atoms with van der Waals surface area (Å²) in [6, 6.07) is 10.2. The highest BCUT2D eigenvalue weighted by atomic mass is 16.5. The first-order chi connectivity index (χ1) is 9.33. The zero-order chi connectivity index (χ0) is 13.1. The fraction of sp³-hybridized carbons (Fsp3) is 0.286. The Labute approximate surface area is 112 Å². The van der Waals surface area contributed by atoms with Crippen molar-refractivity contribution in [2.75, 3.05) is 17.7 Å². The number of hydrogen-bond donors (Lipinski definition) is 2. The predicted octanol–water partition coefficient (Wildman–Crippen LogP) is 2.80. The normalized spacial score (nSPS) is 13.9. The maximum Gasteiger partial charge on any atom is 0.135 e. The lowest BCUT2D eigenvalue weighted by Gasteiger charge is -2.09. The number of ether oxygens (including phenoxy) is 1. The second-order valence-corrected chi connectivity index (χ2v) is 4.56. The third-order valence-corrected chi connectivity index (χ3v) is 2.94. The number of anilines is 3. The van der Waals surface area contributed by atoms with Crippen LogP contribution in [0.5, 0.6) is 5.75 Å². The van der Waals surface area contributed by atoms with E-state index in [2.05, 4.69) is 20.6 Å². The lowest BCUT2D eigenvalue weighted by atomic mass is 10.3. The SMILES string of the molecule is COc1cccc(Nc2cc(NC3CC3)ncn2)c1. The first-order valence-corrected chi connectivity index (χ1v) is 6.33. The Hall–Kier alpha value is -2.30. The number of aromatic nitrogens is 2. The van der Waals surface area contributed by atoms with Crippen molar-refractivity contribution in [3.8, 4) is 5.75 Å². The standard InChI is InChI=1S/C14H16N4O/c1-19-12-4-2-3-11(7-12)18-14-8-13(15-9-16-14)17-10-5-6-10/h2-4,7-10H,5-6H2,1H3,(H2,15,16,17,18). The van der Waals surface area contributed by atoms with Crippen molar-refractivity contribution in [2.24, 2.45) is 0 Å². The van der Waals surface area contributed by atoms with E-state index in [0.29, 0.717) is 6.04 Å². The summed E-state index contributed by atoms with van der Waals surface area (Å²) < 4.78 is 5.19. The lowest BCUT2D eigenvalue weighted by Crippen LogP contribution is -2.04. The summed E-state index contributed by atoms with van der Waals surface area (Å²) in [7, 11) is 1.65. The smallest absolute Gasteiger partial charge is 0.135 e. The summed E-state index contributed by atoms with van der Waals surface area (Å²) in [4.78, 5) is 8.42. The molecular weight excluding hydrogens is 240 g/mol.